The number of hydrogen-bond acceptors (Lipinski definition) is 7. The maximum Gasteiger partial charge on any atom is 0.299 e. The number of pyridine rings is 1. The molecule has 1 fully saturated rings. The van der Waals surface area contributed by atoms with Crippen molar-refractivity contribution < 1.29 is 9.59 Å². The van der Waals surface area contributed by atoms with E-state index in [-0.39, 0.29) is 36.0 Å². The molecule has 1 saturated heterocycles. The summed E-state index contributed by atoms with van der Waals surface area (Å²) in [6.07, 6.45) is 5.08. The Morgan fingerprint density at radius 2 is 1.83 bits per heavy atom. The van der Waals surface area contributed by atoms with Crippen LogP contribution in [0.2, 0.25) is 0 Å². The van der Waals surface area contributed by atoms with Gasteiger partial charge in [0.1, 0.15) is 34.7 Å². The zero-order valence-corrected chi connectivity index (χ0v) is 23.9. The first-order valence-electron chi connectivity index (χ1n) is 13.7. The van der Waals surface area contributed by atoms with Crippen molar-refractivity contribution in [2.45, 2.75) is 58.8 Å². The summed E-state index contributed by atoms with van der Waals surface area (Å²) < 4.78 is 1.93. The lowest BCUT2D eigenvalue weighted by Gasteiger charge is -2.50. The number of nitrogens with two attached hydrogens (primary N) is 1. The molecule has 0 aliphatic carbocycles. The molecule has 0 bridgehead atoms. The van der Waals surface area contributed by atoms with Gasteiger partial charge in [-0.3, -0.25) is 18.9 Å². The van der Waals surface area contributed by atoms with Crippen LogP contribution in [0.3, 0.4) is 0 Å². The molecule has 210 valence electrons. The maximum atomic E-state index is 13.3. The van der Waals surface area contributed by atoms with E-state index in [4.69, 9.17) is 10.7 Å². The Kier molecular flexibility index (Phi) is 7.72. The fourth-order valence-corrected chi connectivity index (χ4v) is 5.67. The number of aromatic nitrogens is 4. The molecule has 0 radical (unpaired) electrons. The Labute approximate surface area is 239 Å². The van der Waals surface area contributed by atoms with Gasteiger partial charge in [-0.1, -0.05) is 24.1 Å². The molecule has 3 atom stereocenters. The molecule has 4 aromatic rings. The first-order valence-corrected chi connectivity index (χ1v) is 13.7. The van der Waals surface area contributed by atoms with E-state index >= 15 is 0 Å². The van der Waals surface area contributed by atoms with E-state index in [2.05, 4.69) is 52.8 Å². The highest BCUT2D eigenvalue weighted by atomic mass is 16.2. The summed E-state index contributed by atoms with van der Waals surface area (Å²) in [5.41, 5.74) is 8.94. The molecule has 1 aliphatic heterocycles. The molecular formula is C31H34N8O2. The summed E-state index contributed by atoms with van der Waals surface area (Å²) in [6.45, 7) is 10.9. The van der Waals surface area contributed by atoms with Gasteiger partial charge in [-0.25, -0.2) is 15.0 Å². The number of amides is 2. The number of rotatable bonds is 5. The number of carbonyl (C=O) groups excluding carboxylic acids is 2. The summed E-state index contributed by atoms with van der Waals surface area (Å²) >= 11 is 0. The zero-order chi connectivity index (χ0) is 29.3. The predicted molar refractivity (Wildman–Crippen MR) is 159 cm³/mol. The van der Waals surface area contributed by atoms with Crippen molar-refractivity contribution in [3.05, 3.63) is 72.4 Å². The molecule has 10 nitrogen and oxygen atoms in total. The number of nitrogen functional groups attached to an aromatic ring is 1. The predicted octanol–water partition coefficient (Wildman–Crippen LogP) is 4.02. The lowest BCUT2D eigenvalue weighted by Crippen LogP contribution is -2.61. The molecule has 0 spiro atoms. The SMILES string of the molecule is CC#CC(=O)N1C(c2nc(-c3ccc(C(=O)Nc4ccccn4)cc3)c3c(N)nccn23)[C@H](C)N(C(C)C)C[C@@H]1C. The lowest BCUT2D eigenvalue weighted by molar-refractivity contribution is -0.137. The number of piperazine rings is 1. The molecular weight excluding hydrogens is 516 g/mol. The van der Waals surface area contributed by atoms with E-state index in [1.807, 2.05) is 40.6 Å². The van der Waals surface area contributed by atoms with Crippen LogP contribution in [0.4, 0.5) is 11.6 Å². The second kappa shape index (κ2) is 11.4. The molecule has 10 heteroatoms. The van der Waals surface area contributed by atoms with E-state index < -0.39 is 0 Å². The van der Waals surface area contributed by atoms with Gasteiger partial charge in [0.15, 0.2) is 0 Å². The summed E-state index contributed by atoms with van der Waals surface area (Å²) in [5, 5.41) is 2.80. The van der Waals surface area contributed by atoms with Crippen molar-refractivity contribution in [3.8, 4) is 23.1 Å². The van der Waals surface area contributed by atoms with Crippen LogP contribution in [-0.4, -0.2) is 65.6 Å². The van der Waals surface area contributed by atoms with Crippen molar-refractivity contribution in [2.75, 3.05) is 17.6 Å². The van der Waals surface area contributed by atoms with Crippen LogP contribution >= 0.6 is 0 Å². The van der Waals surface area contributed by atoms with Gasteiger partial charge in [-0.2, -0.15) is 0 Å². The molecule has 41 heavy (non-hydrogen) atoms. The van der Waals surface area contributed by atoms with E-state index in [1.165, 1.54) is 0 Å². The van der Waals surface area contributed by atoms with Crippen molar-refractivity contribution in [2.24, 2.45) is 0 Å². The molecule has 1 aromatic carbocycles. The monoisotopic (exact) mass is 550 g/mol. The van der Waals surface area contributed by atoms with Gasteiger partial charge in [0.05, 0.1) is 0 Å². The number of hydrogen-bond donors (Lipinski definition) is 2. The molecule has 4 heterocycles. The lowest BCUT2D eigenvalue weighted by atomic mass is 9.96. The van der Waals surface area contributed by atoms with Crippen LogP contribution in [-0.2, 0) is 4.79 Å². The van der Waals surface area contributed by atoms with E-state index in [9.17, 15) is 9.59 Å². The van der Waals surface area contributed by atoms with Crippen molar-refractivity contribution in [1.29, 1.82) is 0 Å². The fraction of sp³-hybridized carbons (Fsp3) is 0.323. The molecule has 0 saturated carbocycles. The quantitative estimate of drug-likeness (QED) is 0.360. The first-order chi connectivity index (χ1) is 19.7. The summed E-state index contributed by atoms with van der Waals surface area (Å²) in [7, 11) is 0. The van der Waals surface area contributed by atoms with Crippen molar-refractivity contribution >= 4 is 29.0 Å². The van der Waals surface area contributed by atoms with Gasteiger partial charge >= 0.3 is 0 Å². The Balaban J connectivity index is 1.59. The minimum absolute atomic E-state index is 0.0423. The van der Waals surface area contributed by atoms with Gasteiger partial charge in [0.25, 0.3) is 11.8 Å². The highest BCUT2D eigenvalue weighted by Crippen LogP contribution is 2.38. The van der Waals surface area contributed by atoms with Gasteiger partial charge in [-0.15, -0.1) is 0 Å². The number of carbonyl (C=O) groups is 2. The average molecular weight is 551 g/mol. The molecule has 1 aliphatic rings. The van der Waals surface area contributed by atoms with Gasteiger partial charge in [-0.05, 0) is 64.8 Å². The summed E-state index contributed by atoms with van der Waals surface area (Å²) in [6, 6.07) is 12.2. The van der Waals surface area contributed by atoms with Gasteiger partial charge in [0, 0.05) is 54.4 Å². The van der Waals surface area contributed by atoms with Crippen molar-refractivity contribution in [3.63, 3.8) is 0 Å². The Bertz CT molecular complexity index is 1640. The third-order valence-electron chi connectivity index (χ3n) is 7.56. The average Bonchev–Trinajstić information content (AvgIpc) is 3.35. The minimum atomic E-state index is -0.388. The van der Waals surface area contributed by atoms with Crippen LogP contribution in [0.5, 0.6) is 0 Å². The zero-order valence-electron chi connectivity index (χ0n) is 23.9. The van der Waals surface area contributed by atoms with Gasteiger partial charge < -0.3 is 16.0 Å². The standard InChI is InChI=1S/C31H34N8O2/c1-6-9-25(40)39-20(4)18-38(19(2)3)21(5)27(39)30-36-26(28-29(32)34-16-17-37(28)30)22-11-13-23(14-12-22)31(41)35-24-10-7-8-15-33-24/h7-8,10-17,19-21,27H,18H2,1-5H3,(H2,32,34)(H,33,35,41)/t20-,21-,27?/m0/s1. The van der Waals surface area contributed by atoms with E-state index in [0.29, 0.717) is 34.2 Å². The summed E-state index contributed by atoms with van der Waals surface area (Å²) in [5.74, 6) is 6.48. The number of nitrogens with one attached hydrogen (secondary N) is 1. The largest absolute Gasteiger partial charge is 0.382 e. The number of anilines is 2. The topological polar surface area (TPSA) is 122 Å². The second-order valence-corrected chi connectivity index (χ2v) is 10.5. The molecule has 3 aromatic heterocycles. The van der Waals surface area contributed by atoms with Crippen LogP contribution in [0.25, 0.3) is 16.8 Å². The number of nitrogens with zero attached hydrogens (tertiary/aromatic N) is 6. The smallest absolute Gasteiger partial charge is 0.299 e. The number of fused-ring (bicyclic) bond motifs is 1. The van der Waals surface area contributed by atoms with Crippen LogP contribution < -0.4 is 11.1 Å². The Morgan fingerprint density at radius 1 is 1.07 bits per heavy atom. The molecule has 1 unspecified atom stereocenters. The van der Waals surface area contributed by atoms with E-state index in [1.54, 1.807) is 43.6 Å². The van der Waals surface area contributed by atoms with Gasteiger partial charge in [0.2, 0.25) is 0 Å². The fourth-order valence-electron chi connectivity index (χ4n) is 5.67. The highest BCUT2D eigenvalue weighted by molar-refractivity contribution is 6.04. The van der Waals surface area contributed by atoms with Crippen molar-refractivity contribution in [1.82, 2.24) is 29.2 Å². The number of benzene rings is 1. The van der Waals surface area contributed by atoms with Crippen LogP contribution in [0.15, 0.2) is 61.1 Å². The van der Waals surface area contributed by atoms with Crippen LogP contribution in [0.1, 0.15) is 56.8 Å². The second-order valence-electron chi connectivity index (χ2n) is 10.5. The third-order valence-corrected chi connectivity index (χ3v) is 7.56. The molecule has 2 amide bonds. The third kappa shape index (κ3) is 5.24. The minimum Gasteiger partial charge on any atom is -0.382 e. The Morgan fingerprint density at radius 3 is 2.49 bits per heavy atom. The highest BCUT2D eigenvalue weighted by Gasteiger charge is 2.44. The normalized spacial score (nSPS) is 19.2. The first kappa shape index (κ1) is 27.8. The number of imidazole rings is 1. The molecule has 3 N–H and O–H groups in total. The Hall–Kier alpha value is -4.75. The summed E-state index contributed by atoms with van der Waals surface area (Å²) in [4.78, 5) is 44.0. The molecule has 5 rings (SSSR count). The maximum absolute atomic E-state index is 13.3. The van der Waals surface area contributed by atoms with Crippen LogP contribution in [0, 0.1) is 11.8 Å². The van der Waals surface area contributed by atoms with E-state index in [0.717, 1.165) is 12.1 Å².